The zero-order valence-electron chi connectivity index (χ0n) is 7.30. The third-order valence-electron chi connectivity index (χ3n) is 1.49. The van der Waals surface area contributed by atoms with Gasteiger partial charge in [-0.05, 0) is 40.9 Å². The third kappa shape index (κ3) is 2.21. The smallest absolute Gasteiger partial charge is 0.228 e. The lowest BCUT2D eigenvalue weighted by Gasteiger charge is -2.06. The van der Waals surface area contributed by atoms with Crippen LogP contribution in [-0.4, -0.2) is 11.6 Å². The molecule has 1 aromatic heterocycles. The van der Waals surface area contributed by atoms with Gasteiger partial charge in [-0.2, -0.15) is 0 Å². The SMILES string of the molecule is CCCOc1nccc(C)c1Br. The van der Waals surface area contributed by atoms with Crippen LogP contribution in [0.1, 0.15) is 18.9 Å². The summed E-state index contributed by atoms with van der Waals surface area (Å²) in [6.45, 7) is 4.81. The van der Waals surface area contributed by atoms with Crippen LogP contribution in [0.5, 0.6) is 5.88 Å². The molecule has 1 rings (SSSR count). The second-order valence-corrected chi connectivity index (χ2v) is 3.39. The number of aromatic nitrogens is 1. The maximum absolute atomic E-state index is 5.41. The Bertz CT molecular complexity index is 263. The van der Waals surface area contributed by atoms with Crippen LogP contribution in [0, 0.1) is 6.92 Å². The fraction of sp³-hybridized carbons (Fsp3) is 0.444. The van der Waals surface area contributed by atoms with Gasteiger partial charge in [-0.15, -0.1) is 0 Å². The predicted molar refractivity (Wildman–Crippen MR) is 52.5 cm³/mol. The Hall–Kier alpha value is -0.570. The lowest BCUT2D eigenvalue weighted by molar-refractivity contribution is 0.303. The normalized spacial score (nSPS) is 9.92. The molecule has 0 amide bonds. The highest BCUT2D eigenvalue weighted by molar-refractivity contribution is 9.10. The molecule has 0 aromatic carbocycles. The first kappa shape index (κ1) is 9.52. The molecule has 1 heterocycles. The molecule has 0 saturated heterocycles. The Kier molecular flexibility index (Phi) is 3.53. The van der Waals surface area contributed by atoms with Crippen molar-refractivity contribution < 1.29 is 4.74 Å². The van der Waals surface area contributed by atoms with E-state index in [2.05, 4.69) is 27.8 Å². The molecule has 0 N–H and O–H groups in total. The van der Waals surface area contributed by atoms with E-state index in [1.54, 1.807) is 6.20 Å². The average molecular weight is 230 g/mol. The molecule has 66 valence electrons. The van der Waals surface area contributed by atoms with Gasteiger partial charge in [0.2, 0.25) is 5.88 Å². The summed E-state index contributed by atoms with van der Waals surface area (Å²) < 4.78 is 6.37. The minimum absolute atomic E-state index is 0.692. The molecule has 0 atom stereocenters. The molecule has 1 aromatic rings. The Morgan fingerprint density at radius 3 is 3.00 bits per heavy atom. The highest BCUT2D eigenvalue weighted by Crippen LogP contribution is 2.25. The van der Waals surface area contributed by atoms with Gasteiger partial charge in [0, 0.05) is 6.20 Å². The van der Waals surface area contributed by atoms with E-state index in [1.807, 2.05) is 13.0 Å². The van der Waals surface area contributed by atoms with Gasteiger partial charge in [0.05, 0.1) is 11.1 Å². The van der Waals surface area contributed by atoms with Crippen LogP contribution >= 0.6 is 15.9 Å². The van der Waals surface area contributed by atoms with Gasteiger partial charge < -0.3 is 4.74 Å². The Labute approximate surface area is 81.1 Å². The second kappa shape index (κ2) is 4.45. The molecule has 0 aliphatic carbocycles. The van der Waals surface area contributed by atoms with E-state index in [-0.39, 0.29) is 0 Å². The predicted octanol–water partition coefficient (Wildman–Crippen LogP) is 2.94. The monoisotopic (exact) mass is 229 g/mol. The first-order valence-corrected chi connectivity index (χ1v) is 4.79. The molecule has 0 aliphatic heterocycles. The van der Waals surface area contributed by atoms with Crippen molar-refractivity contribution in [1.82, 2.24) is 4.98 Å². The number of nitrogens with zero attached hydrogens (tertiary/aromatic N) is 1. The van der Waals surface area contributed by atoms with Crippen LogP contribution in [0.3, 0.4) is 0 Å². The minimum Gasteiger partial charge on any atom is -0.477 e. The molecule has 12 heavy (non-hydrogen) atoms. The largest absolute Gasteiger partial charge is 0.477 e. The summed E-state index contributed by atoms with van der Waals surface area (Å²) in [4.78, 5) is 4.11. The lowest BCUT2D eigenvalue weighted by atomic mass is 10.3. The summed E-state index contributed by atoms with van der Waals surface area (Å²) in [7, 11) is 0. The van der Waals surface area contributed by atoms with Crippen LogP contribution in [0.25, 0.3) is 0 Å². The molecule has 0 bridgehead atoms. The van der Waals surface area contributed by atoms with E-state index < -0.39 is 0 Å². The first-order valence-electron chi connectivity index (χ1n) is 3.99. The van der Waals surface area contributed by atoms with Crippen LogP contribution in [0.15, 0.2) is 16.7 Å². The molecule has 0 aliphatic rings. The fourth-order valence-corrected chi connectivity index (χ4v) is 1.16. The van der Waals surface area contributed by atoms with Crippen molar-refractivity contribution in [3.05, 3.63) is 22.3 Å². The number of hydrogen-bond donors (Lipinski definition) is 0. The number of aryl methyl sites for hydroxylation is 1. The molecule has 0 saturated carbocycles. The van der Waals surface area contributed by atoms with Gasteiger partial charge in [-0.25, -0.2) is 4.98 Å². The topological polar surface area (TPSA) is 22.1 Å². The lowest BCUT2D eigenvalue weighted by Crippen LogP contribution is -1.98. The van der Waals surface area contributed by atoms with Gasteiger partial charge in [-0.3, -0.25) is 0 Å². The van der Waals surface area contributed by atoms with E-state index in [9.17, 15) is 0 Å². The zero-order valence-corrected chi connectivity index (χ0v) is 8.89. The first-order chi connectivity index (χ1) is 5.75. The summed E-state index contributed by atoms with van der Waals surface area (Å²) in [6.07, 6.45) is 2.76. The molecular formula is C9H12BrNO. The quantitative estimate of drug-likeness (QED) is 0.796. The summed E-state index contributed by atoms with van der Waals surface area (Å²) in [5.74, 6) is 0.692. The van der Waals surface area contributed by atoms with Crippen molar-refractivity contribution in [2.45, 2.75) is 20.3 Å². The van der Waals surface area contributed by atoms with Crippen molar-refractivity contribution in [3.63, 3.8) is 0 Å². The van der Waals surface area contributed by atoms with Crippen LogP contribution in [0.2, 0.25) is 0 Å². The zero-order chi connectivity index (χ0) is 8.97. The number of halogens is 1. The van der Waals surface area contributed by atoms with Crippen molar-refractivity contribution in [2.75, 3.05) is 6.61 Å². The van der Waals surface area contributed by atoms with Gasteiger partial charge in [-0.1, -0.05) is 6.92 Å². The number of ether oxygens (including phenoxy) is 1. The van der Waals surface area contributed by atoms with Gasteiger partial charge >= 0.3 is 0 Å². The number of hydrogen-bond acceptors (Lipinski definition) is 2. The van der Waals surface area contributed by atoms with Gasteiger partial charge in [0.1, 0.15) is 0 Å². The highest BCUT2D eigenvalue weighted by atomic mass is 79.9. The van der Waals surface area contributed by atoms with E-state index in [1.165, 1.54) is 0 Å². The van der Waals surface area contributed by atoms with E-state index in [4.69, 9.17) is 4.74 Å². The van der Waals surface area contributed by atoms with Gasteiger partial charge in [0.15, 0.2) is 0 Å². The Balaban J connectivity index is 2.78. The summed E-state index contributed by atoms with van der Waals surface area (Å²) in [5, 5.41) is 0. The molecule has 0 radical (unpaired) electrons. The molecule has 3 heteroatoms. The summed E-state index contributed by atoms with van der Waals surface area (Å²) in [6, 6.07) is 1.95. The molecule has 0 fully saturated rings. The van der Waals surface area contributed by atoms with Crippen LogP contribution in [-0.2, 0) is 0 Å². The molecule has 0 unspecified atom stereocenters. The van der Waals surface area contributed by atoms with Gasteiger partial charge in [0.25, 0.3) is 0 Å². The van der Waals surface area contributed by atoms with E-state index in [0.717, 1.165) is 23.1 Å². The maximum Gasteiger partial charge on any atom is 0.228 e. The fourth-order valence-electron chi connectivity index (χ4n) is 0.815. The van der Waals surface area contributed by atoms with Crippen LogP contribution < -0.4 is 4.74 Å². The molecule has 0 spiro atoms. The number of pyridine rings is 1. The molecule has 2 nitrogen and oxygen atoms in total. The van der Waals surface area contributed by atoms with Crippen molar-refractivity contribution in [3.8, 4) is 5.88 Å². The highest BCUT2D eigenvalue weighted by Gasteiger charge is 2.03. The Morgan fingerprint density at radius 2 is 2.33 bits per heavy atom. The molecular weight excluding hydrogens is 218 g/mol. The van der Waals surface area contributed by atoms with E-state index in [0.29, 0.717) is 5.88 Å². The number of rotatable bonds is 3. The maximum atomic E-state index is 5.41. The average Bonchev–Trinajstić information content (AvgIpc) is 2.08. The van der Waals surface area contributed by atoms with E-state index >= 15 is 0 Å². The standard InChI is InChI=1S/C9H12BrNO/c1-3-6-12-9-8(10)7(2)4-5-11-9/h4-5H,3,6H2,1-2H3. The minimum atomic E-state index is 0.692. The van der Waals surface area contributed by atoms with Crippen molar-refractivity contribution in [2.24, 2.45) is 0 Å². The summed E-state index contributed by atoms with van der Waals surface area (Å²) >= 11 is 3.42. The third-order valence-corrected chi connectivity index (χ3v) is 2.46. The van der Waals surface area contributed by atoms with Crippen molar-refractivity contribution in [1.29, 1.82) is 0 Å². The second-order valence-electron chi connectivity index (χ2n) is 2.60. The van der Waals surface area contributed by atoms with Crippen molar-refractivity contribution >= 4 is 15.9 Å². The Morgan fingerprint density at radius 1 is 1.58 bits per heavy atom. The summed E-state index contributed by atoms with van der Waals surface area (Å²) in [5.41, 5.74) is 1.15. The van der Waals surface area contributed by atoms with Crippen LogP contribution in [0.4, 0.5) is 0 Å².